The Hall–Kier alpha value is -2.00. The number of ether oxygens (including phenoxy) is 1. The molecule has 21 heavy (non-hydrogen) atoms. The monoisotopic (exact) mass is 303 g/mol. The van der Waals surface area contributed by atoms with E-state index in [9.17, 15) is 4.79 Å². The van der Waals surface area contributed by atoms with Crippen LogP contribution >= 0.6 is 11.6 Å². The quantitative estimate of drug-likeness (QED) is 0.856. The maximum atomic E-state index is 12.6. The summed E-state index contributed by atoms with van der Waals surface area (Å²) in [6.07, 6.45) is 0. The maximum Gasteiger partial charge on any atom is 0.257 e. The van der Waals surface area contributed by atoms with E-state index in [0.29, 0.717) is 22.9 Å². The molecule has 0 saturated heterocycles. The van der Waals surface area contributed by atoms with Crippen LogP contribution < -0.4 is 4.74 Å². The average molecular weight is 304 g/mol. The van der Waals surface area contributed by atoms with Crippen LogP contribution in [0.5, 0.6) is 5.75 Å². The molecule has 0 aliphatic heterocycles. The van der Waals surface area contributed by atoms with Crippen LogP contribution in [0.3, 0.4) is 0 Å². The second-order valence-corrected chi connectivity index (χ2v) is 5.38. The Kier molecular flexibility index (Phi) is 4.86. The van der Waals surface area contributed by atoms with Crippen LogP contribution in [-0.4, -0.2) is 25.0 Å². The van der Waals surface area contributed by atoms with Crippen molar-refractivity contribution in [2.75, 3.05) is 14.2 Å². The van der Waals surface area contributed by atoms with Gasteiger partial charge in [0.1, 0.15) is 5.75 Å². The largest absolute Gasteiger partial charge is 0.496 e. The number of hydrogen-bond donors (Lipinski definition) is 0. The number of nitrogens with zero attached hydrogens (tertiary/aromatic N) is 1. The summed E-state index contributed by atoms with van der Waals surface area (Å²) in [5.41, 5.74) is 2.49. The molecule has 0 saturated carbocycles. The van der Waals surface area contributed by atoms with Gasteiger partial charge >= 0.3 is 0 Å². The number of benzene rings is 2. The highest BCUT2D eigenvalue weighted by Gasteiger charge is 2.19. The fourth-order valence-electron chi connectivity index (χ4n) is 2.26. The minimum absolute atomic E-state index is 0.0649. The molecule has 0 aromatic heterocycles. The van der Waals surface area contributed by atoms with E-state index in [1.54, 1.807) is 25.1 Å². The van der Waals surface area contributed by atoms with E-state index in [2.05, 4.69) is 0 Å². The number of halogens is 1. The molecule has 0 N–H and O–H groups in total. The fourth-order valence-corrected chi connectivity index (χ4v) is 2.47. The van der Waals surface area contributed by atoms with E-state index >= 15 is 0 Å². The molecular formula is C17H18ClNO2. The molecule has 2 aromatic carbocycles. The lowest BCUT2D eigenvalue weighted by molar-refractivity contribution is 0.0781. The van der Waals surface area contributed by atoms with Crippen LogP contribution in [0.1, 0.15) is 21.5 Å². The lowest BCUT2D eigenvalue weighted by atomic mass is 10.1. The molecule has 0 fully saturated rings. The van der Waals surface area contributed by atoms with Crippen molar-refractivity contribution in [3.05, 3.63) is 64.2 Å². The molecular weight excluding hydrogens is 286 g/mol. The highest BCUT2D eigenvalue weighted by molar-refractivity contribution is 6.30. The predicted molar refractivity (Wildman–Crippen MR) is 85.0 cm³/mol. The van der Waals surface area contributed by atoms with Gasteiger partial charge in [0.15, 0.2) is 0 Å². The molecule has 0 heterocycles. The highest BCUT2D eigenvalue weighted by Crippen LogP contribution is 2.24. The third kappa shape index (κ3) is 3.56. The van der Waals surface area contributed by atoms with Crippen LogP contribution in [0.25, 0.3) is 0 Å². The first kappa shape index (κ1) is 15.4. The van der Waals surface area contributed by atoms with Crippen molar-refractivity contribution in [3.8, 4) is 5.75 Å². The van der Waals surface area contributed by atoms with Crippen molar-refractivity contribution in [2.45, 2.75) is 13.5 Å². The van der Waals surface area contributed by atoms with Gasteiger partial charge in [-0.05, 0) is 36.2 Å². The van der Waals surface area contributed by atoms with E-state index < -0.39 is 0 Å². The molecule has 1 amide bonds. The topological polar surface area (TPSA) is 29.5 Å². The molecule has 0 spiro atoms. The van der Waals surface area contributed by atoms with E-state index in [0.717, 1.165) is 11.1 Å². The van der Waals surface area contributed by atoms with Gasteiger partial charge in [-0.15, -0.1) is 0 Å². The van der Waals surface area contributed by atoms with Crippen molar-refractivity contribution in [2.24, 2.45) is 0 Å². The number of amides is 1. The first-order chi connectivity index (χ1) is 10.0. The Morgan fingerprint density at radius 2 is 1.95 bits per heavy atom. The van der Waals surface area contributed by atoms with Gasteiger partial charge < -0.3 is 9.64 Å². The smallest absolute Gasteiger partial charge is 0.257 e. The molecule has 4 heteroatoms. The van der Waals surface area contributed by atoms with Crippen molar-refractivity contribution in [1.82, 2.24) is 4.90 Å². The minimum Gasteiger partial charge on any atom is -0.496 e. The first-order valence-electron chi connectivity index (χ1n) is 6.66. The molecule has 2 aromatic rings. The molecule has 0 aliphatic rings. The summed E-state index contributed by atoms with van der Waals surface area (Å²) in [5, 5.41) is 0.668. The van der Waals surface area contributed by atoms with E-state index in [-0.39, 0.29) is 5.91 Å². The standard InChI is InChI=1S/C17H18ClNO2/c1-12-6-4-9-15(21-3)16(12)17(20)19(2)11-13-7-5-8-14(18)10-13/h4-10H,11H2,1-3H3. The van der Waals surface area contributed by atoms with Crippen LogP contribution in [0.2, 0.25) is 5.02 Å². The Bertz CT molecular complexity index is 655. The molecule has 2 rings (SSSR count). The molecule has 0 unspecified atom stereocenters. The third-order valence-electron chi connectivity index (χ3n) is 3.32. The summed E-state index contributed by atoms with van der Waals surface area (Å²) < 4.78 is 5.30. The lowest BCUT2D eigenvalue weighted by Crippen LogP contribution is -2.27. The van der Waals surface area contributed by atoms with Crippen LogP contribution in [0.15, 0.2) is 42.5 Å². The predicted octanol–water partition coefficient (Wildman–Crippen LogP) is 3.93. The first-order valence-corrected chi connectivity index (χ1v) is 7.04. The van der Waals surface area contributed by atoms with Gasteiger partial charge in [-0.3, -0.25) is 4.79 Å². The van der Waals surface area contributed by atoms with Gasteiger partial charge in [0.2, 0.25) is 0 Å². The number of hydrogen-bond acceptors (Lipinski definition) is 2. The minimum atomic E-state index is -0.0649. The molecule has 3 nitrogen and oxygen atoms in total. The number of methoxy groups -OCH3 is 1. The Morgan fingerprint density at radius 1 is 1.24 bits per heavy atom. The van der Waals surface area contributed by atoms with E-state index in [1.807, 2.05) is 43.3 Å². The number of rotatable bonds is 4. The zero-order valence-corrected chi connectivity index (χ0v) is 13.1. The third-order valence-corrected chi connectivity index (χ3v) is 3.56. The van der Waals surface area contributed by atoms with Gasteiger partial charge in [-0.25, -0.2) is 0 Å². The fraction of sp³-hybridized carbons (Fsp3) is 0.235. The van der Waals surface area contributed by atoms with Gasteiger partial charge in [0.25, 0.3) is 5.91 Å². The molecule has 0 bridgehead atoms. The maximum absolute atomic E-state index is 12.6. The van der Waals surface area contributed by atoms with Gasteiger partial charge in [-0.1, -0.05) is 35.9 Å². The van der Waals surface area contributed by atoms with Gasteiger partial charge in [-0.2, -0.15) is 0 Å². The van der Waals surface area contributed by atoms with Crippen molar-refractivity contribution >= 4 is 17.5 Å². The van der Waals surface area contributed by atoms with Crippen LogP contribution in [0.4, 0.5) is 0 Å². The number of carbonyl (C=O) groups is 1. The summed E-state index contributed by atoms with van der Waals surface area (Å²) in [6.45, 7) is 2.40. The zero-order chi connectivity index (χ0) is 15.4. The molecule has 0 aliphatic carbocycles. The highest BCUT2D eigenvalue weighted by atomic mass is 35.5. The van der Waals surface area contributed by atoms with Gasteiger partial charge in [0.05, 0.1) is 12.7 Å². The van der Waals surface area contributed by atoms with Crippen molar-refractivity contribution in [1.29, 1.82) is 0 Å². The average Bonchev–Trinajstić information content (AvgIpc) is 2.46. The van der Waals surface area contributed by atoms with Gasteiger partial charge in [0, 0.05) is 18.6 Å². The lowest BCUT2D eigenvalue weighted by Gasteiger charge is -2.20. The van der Waals surface area contributed by atoms with Crippen LogP contribution in [-0.2, 0) is 6.54 Å². The number of carbonyl (C=O) groups excluding carboxylic acids is 1. The second kappa shape index (κ2) is 6.64. The van der Waals surface area contributed by atoms with E-state index in [4.69, 9.17) is 16.3 Å². The Labute approximate surface area is 130 Å². The summed E-state index contributed by atoms with van der Waals surface area (Å²) in [4.78, 5) is 14.3. The summed E-state index contributed by atoms with van der Waals surface area (Å²) in [7, 11) is 3.34. The van der Waals surface area contributed by atoms with E-state index in [1.165, 1.54) is 0 Å². The second-order valence-electron chi connectivity index (χ2n) is 4.94. The summed E-state index contributed by atoms with van der Waals surface area (Å²) >= 11 is 5.97. The zero-order valence-electron chi connectivity index (χ0n) is 12.4. The molecule has 0 atom stereocenters. The van der Waals surface area contributed by atoms with Crippen molar-refractivity contribution < 1.29 is 9.53 Å². The molecule has 110 valence electrons. The SMILES string of the molecule is COc1cccc(C)c1C(=O)N(C)Cc1cccc(Cl)c1. The Balaban J connectivity index is 2.24. The normalized spacial score (nSPS) is 10.3. The Morgan fingerprint density at radius 3 is 2.62 bits per heavy atom. The number of aryl methyl sites for hydroxylation is 1. The van der Waals surface area contributed by atoms with Crippen LogP contribution in [0, 0.1) is 6.92 Å². The molecule has 0 radical (unpaired) electrons. The summed E-state index contributed by atoms with van der Waals surface area (Å²) in [6, 6.07) is 13.1. The summed E-state index contributed by atoms with van der Waals surface area (Å²) in [5.74, 6) is 0.530. The van der Waals surface area contributed by atoms with Crippen molar-refractivity contribution in [3.63, 3.8) is 0 Å².